The minimum Gasteiger partial charge on any atom is -0.316 e. The van der Waals surface area contributed by atoms with Crippen LogP contribution in [0, 0.1) is 5.92 Å². The fourth-order valence-corrected chi connectivity index (χ4v) is 2.47. The minimum atomic E-state index is -3.36. The van der Waals surface area contributed by atoms with Gasteiger partial charge in [0.2, 0.25) is 10.0 Å². The third-order valence-electron chi connectivity index (χ3n) is 2.33. The van der Waals surface area contributed by atoms with E-state index in [0.717, 1.165) is 25.6 Å². The maximum Gasteiger partial charge on any atom is 0.207 e. The summed E-state index contributed by atoms with van der Waals surface area (Å²) in [5, 5.41) is 1.79. The Morgan fingerprint density at radius 1 is 1.50 bits per heavy atom. The minimum absolute atomic E-state index is 0.0639. The number of rotatable bonds is 3. The SMILES string of the molecule is [B]C([B])(NS(C)(=O)=O)[C@H]1CCCNC1. The van der Waals surface area contributed by atoms with Crippen LogP contribution in [0.2, 0.25) is 0 Å². The van der Waals surface area contributed by atoms with Crippen molar-refractivity contribution in [1.82, 2.24) is 10.0 Å². The Kier molecular flexibility index (Phi) is 3.66. The molecule has 0 bridgehead atoms. The van der Waals surface area contributed by atoms with E-state index in [9.17, 15) is 8.42 Å². The summed E-state index contributed by atoms with van der Waals surface area (Å²) in [6.07, 6.45) is 2.85. The molecule has 2 N–H and O–H groups in total. The lowest BCUT2D eigenvalue weighted by molar-refractivity contribution is 0.333. The van der Waals surface area contributed by atoms with Crippen molar-refractivity contribution < 1.29 is 8.42 Å². The van der Waals surface area contributed by atoms with E-state index in [1.54, 1.807) is 0 Å². The average molecular weight is 212 g/mol. The molecule has 0 spiro atoms. The van der Waals surface area contributed by atoms with Crippen molar-refractivity contribution in [1.29, 1.82) is 0 Å². The first-order valence-electron chi connectivity index (χ1n) is 4.59. The molecule has 1 atom stereocenters. The molecule has 0 aromatic rings. The van der Waals surface area contributed by atoms with Crippen molar-refractivity contribution in [2.45, 2.75) is 18.2 Å². The van der Waals surface area contributed by atoms with E-state index in [2.05, 4.69) is 10.0 Å². The predicted octanol–water partition coefficient (Wildman–Crippen LogP) is -1.47. The van der Waals surface area contributed by atoms with E-state index in [1.165, 1.54) is 0 Å². The molecule has 7 heteroatoms. The van der Waals surface area contributed by atoms with E-state index in [-0.39, 0.29) is 5.92 Å². The molecule has 1 aliphatic rings. The molecule has 1 heterocycles. The molecule has 0 amide bonds. The summed E-state index contributed by atoms with van der Waals surface area (Å²) >= 11 is 0. The highest BCUT2D eigenvalue weighted by molar-refractivity contribution is 7.88. The molecular formula is C7H14B2N2O2S. The summed E-state index contributed by atoms with van der Waals surface area (Å²) in [7, 11) is 8.09. The van der Waals surface area contributed by atoms with Crippen LogP contribution in [-0.4, -0.2) is 48.8 Å². The maximum atomic E-state index is 11.0. The van der Waals surface area contributed by atoms with Crippen LogP contribution in [0.4, 0.5) is 0 Å². The molecular weight excluding hydrogens is 198 g/mol. The van der Waals surface area contributed by atoms with Gasteiger partial charge in [-0.3, -0.25) is 0 Å². The fourth-order valence-electron chi connectivity index (χ4n) is 1.66. The average Bonchev–Trinajstić information content (AvgIpc) is 2.01. The zero-order valence-electron chi connectivity index (χ0n) is 8.29. The Bertz CT molecular complexity index is 286. The molecule has 1 saturated heterocycles. The van der Waals surface area contributed by atoms with E-state index in [0.29, 0.717) is 6.54 Å². The second-order valence-electron chi connectivity index (χ2n) is 3.85. The zero-order chi connectivity index (χ0) is 10.8. The van der Waals surface area contributed by atoms with Gasteiger partial charge in [0.15, 0.2) is 0 Å². The van der Waals surface area contributed by atoms with Crippen molar-refractivity contribution >= 4 is 25.7 Å². The topological polar surface area (TPSA) is 58.2 Å². The van der Waals surface area contributed by atoms with Gasteiger partial charge in [-0.05, 0) is 37.2 Å². The molecule has 1 fully saturated rings. The lowest BCUT2D eigenvalue weighted by Crippen LogP contribution is -2.58. The van der Waals surface area contributed by atoms with Crippen molar-refractivity contribution in [3.05, 3.63) is 0 Å². The molecule has 76 valence electrons. The summed E-state index contributed by atoms with van der Waals surface area (Å²) < 4.78 is 24.2. The van der Waals surface area contributed by atoms with Gasteiger partial charge < -0.3 is 5.32 Å². The summed E-state index contributed by atoms with van der Waals surface area (Å²) in [6.45, 7) is 1.58. The van der Waals surface area contributed by atoms with Crippen molar-refractivity contribution in [3.8, 4) is 0 Å². The van der Waals surface area contributed by atoms with Crippen LogP contribution in [0.3, 0.4) is 0 Å². The second kappa shape index (κ2) is 4.24. The monoisotopic (exact) mass is 212 g/mol. The molecule has 14 heavy (non-hydrogen) atoms. The molecule has 0 unspecified atom stereocenters. The summed E-state index contributed by atoms with van der Waals surface area (Å²) in [5.74, 6) is -0.0639. The van der Waals surface area contributed by atoms with Crippen LogP contribution in [-0.2, 0) is 10.0 Å². The standard InChI is InChI=1S/C7H14B2N2O2S/c1-14(12,13)11-7(8,9)6-3-2-4-10-5-6/h6,10-11H,2-5H2,1H3/t6-/m0/s1. The highest BCUT2D eigenvalue weighted by Gasteiger charge is 2.31. The summed E-state index contributed by atoms with van der Waals surface area (Å²) in [5.41, 5.74) is 0. The Morgan fingerprint density at radius 3 is 2.57 bits per heavy atom. The van der Waals surface area contributed by atoms with Gasteiger partial charge in [-0.25, -0.2) is 13.1 Å². The van der Waals surface area contributed by atoms with Crippen LogP contribution >= 0.6 is 0 Å². The lowest BCUT2D eigenvalue weighted by Gasteiger charge is -2.38. The normalized spacial score (nSPS) is 24.8. The maximum absolute atomic E-state index is 11.0. The Balaban J connectivity index is 2.63. The third-order valence-corrected chi connectivity index (χ3v) is 3.06. The van der Waals surface area contributed by atoms with Crippen LogP contribution in [0.25, 0.3) is 0 Å². The van der Waals surface area contributed by atoms with Gasteiger partial charge in [-0.1, -0.05) is 0 Å². The number of hydrogen-bond donors (Lipinski definition) is 2. The summed E-state index contributed by atoms with van der Waals surface area (Å²) in [6, 6.07) is 0. The first-order valence-corrected chi connectivity index (χ1v) is 6.48. The molecule has 0 saturated carbocycles. The van der Waals surface area contributed by atoms with Gasteiger partial charge in [-0.2, -0.15) is 0 Å². The number of piperidine rings is 1. The predicted molar refractivity (Wildman–Crippen MR) is 57.8 cm³/mol. The van der Waals surface area contributed by atoms with Gasteiger partial charge in [0.25, 0.3) is 0 Å². The van der Waals surface area contributed by atoms with E-state index in [1.807, 2.05) is 0 Å². The second-order valence-corrected chi connectivity index (χ2v) is 5.60. The Morgan fingerprint density at radius 2 is 2.14 bits per heavy atom. The zero-order valence-corrected chi connectivity index (χ0v) is 9.10. The Hall–Kier alpha value is -0.000130. The van der Waals surface area contributed by atoms with Gasteiger partial charge >= 0.3 is 0 Å². The molecule has 0 aromatic heterocycles. The van der Waals surface area contributed by atoms with Crippen molar-refractivity contribution in [3.63, 3.8) is 0 Å². The van der Waals surface area contributed by atoms with Crippen LogP contribution < -0.4 is 10.0 Å². The molecule has 0 aliphatic carbocycles. The van der Waals surface area contributed by atoms with Crippen molar-refractivity contribution in [2.75, 3.05) is 19.3 Å². The number of sulfonamides is 1. The molecule has 0 aromatic carbocycles. The van der Waals surface area contributed by atoms with Gasteiger partial charge in [-0.15, -0.1) is 0 Å². The summed E-state index contributed by atoms with van der Waals surface area (Å²) in [4.78, 5) is 0. The van der Waals surface area contributed by atoms with Crippen LogP contribution in [0.5, 0.6) is 0 Å². The first-order chi connectivity index (χ1) is 6.31. The van der Waals surface area contributed by atoms with Crippen molar-refractivity contribution in [2.24, 2.45) is 5.92 Å². The smallest absolute Gasteiger partial charge is 0.207 e. The van der Waals surface area contributed by atoms with Crippen LogP contribution in [0.15, 0.2) is 0 Å². The highest BCUT2D eigenvalue weighted by atomic mass is 32.2. The molecule has 1 aliphatic heterocycles. The van der Waals surface area contributed by atoms with Gasteiger partial charge in [0.05, 0.1) is 21.9 Å². The Labute approximate surface area is 88.1 Å². The van der Waals surface area contributed by atoms with E-state index >= 15 is 0 Å². The third kappa shape index (κ3) is 3.63. The van der Waals surface area contributed by atoms with E-state index < -0.39 is 15.4 Å². The highest BCUT2D eigenvalue weighted by Crippen LogP contribution is 2.19. The van der Waals surface area contributed by atoms with Gasteiger partial charge in [0, 0.05) is 0 Å². The molecule has 4 radical (unpaired) electrons. The number of nitrogens with one attached hydrogen (secondary N) is 2. The molecule has 1 rings (SSSR count). The van der Waals surface area contributed by atoms with Gasteiger partial charge in [0.1, 0.15) is 0 Å². The fraction of sp³-hybridized carbons (Fsp3) is 1.00. The van der Waals surface area contributed by atoms with Crippen LogP contribution in [0.1, 0.15) is 12.8 Å². The first kappa shape index (κ1) is 12.1. The largest absolute Gasteiger partial charge is 0.316 e. The van der Waals surface area contributed by atoms with E-state index in [4.69, 9.17) is 15.7 Å². The number of hydrogen-bond acceptors (Lipinski definition) is 3. The molecule has 4 nitrogen and oxygen atoms in total. The quantitative estimate of drug-likeness (QED) is 0.561. The lowest BCUT2D eigenvalue weighted by atomic mass is 9.54.